The number of aliphatic hydroxyl groups excluding tert-OH is 1. The largest absolute Gasteiger partial charge is 0.396 e. The van der Waals surface area contributed by atoms with E-state index in [0.29, 0.717) is 30.1 Å². The molecule has 10 nitrogen and oxygen atoms in total. The van der Waals surface area contributed by atoms with Gasteiger partial charge in [-0.05, 0) is 23.8 Å². The molecule has 0 spiro atoms. The Hall–Kier alpha value is -3.66. The van der Waals surface area contributed by atoms with Crippen molar-refractivity contribution in [3.8, 4) is 11.3 Å². The monoisotopic (exact) mass is 454 g/mol. The third-order valence-corrected chi connectivity index (χ3v) is 4.89. The predicted molar refractivity (Wildman–Crippen MR) is 124 cm³/mol. The third kappa shape index (κ3) is 6.19. The Kier molecular flexibility index (Phi) is 7.17. The van der Waals surface area contributed by atoms with Crippen LogP contribution in [0, 0.1) is 5.41 Å². The van der Waals surface area contributed by atoms with Crippen LogP contribution in [0.3, 0.4) is 0 Å². The highest BCUT2D eigenvalue weighted by Gasteiger charge is 2.21. The normalized spacial score (nSPS) is 11.5. The van der Waals surface area contributed by atoms with Crippen LogP contribution in [0.2, 0.25) is 0 Å². The molecule has 2 heterocycles. The highest BCUT2D eigenvalue weighted by atomic mass is 16.5. The number of rotatable bonds is 9. The lowest BCUT2D eigenvalue weighted by molar-refractivity contribution is -0.115. The second kappa shape index (κ2) is 9.86. The third-order valence-electron chi connectivity index (χ3n) is 4.89. The zero-order valence-corrected chi connectivity index (χ0v) is 19.1. The summed E-state index contributed by atoms with van der Waals surface area (Å²) in [5.41, 5.74) is 14.3. The molecule has 0 saturated heterocycles. The molecular formula is C23H30N6O4. The van der Waals surface area contributed by atoms with Crippen molar-refractivity contribution in [2.45, 2.75) is 46.6 Å². The first-order valence-corrected chi connectivity index (χ1v) is 10.7. The van der Waals surface area contributed by atoms with E-state index in [9.17, 15) is 9.59 Å². The van der Waals surface area contributed by atoms with Crippen LogP contribution in [0.1, 0.15) is 48.8 Å². The number of hydrogen-bond acceptors (Lipinski definition) is 7. The maximum absolute atomic E-state index is 12.4. The number of aliphatic hydroxyl groups is 1. The summed E-state index contributed by atoms with van der Waals surface area (Å²) in [6.45, 7) is 6.64. The van der Waals surface area contributed by atoms with Gasteiger partial charge in [0.05, 0.1) is 12.1 Å². The highest BCUT2D eigenvalue weighted by molar-refractivity contribution is 6.03. The lowest BCUT2D eigenvalue weighted by Crippen LogP contribution is -2.15. The molecule has 2 amide bonds. The summed E-state index contributed by atoms with van der Waals surface area (Å²) in [6.07, 6.45) is 1.31. The Labute approximate surface area is 191 Å². The second-order valence-electron chi connectivity index (χ2n) is 9.12. The number of anilines is 2. The standard InChI is InChI=1S/C23H30N6O4/c1-23(2,3)13-16-12-18(33-28-16)26-17(31)11-14-5-7-15(8-6-14)20-19(22(25)32)21(24)29(27-20)9-4-10-30/h5-8,12,30H,4,9-11,13,24H2,1-3H3,(H2,25,32)(H,26,31). The molecule has 2 aromatic heterocycles. The van der Waals surface area contributed by atoms with Gasteiger partial charge >= 0.3 is 0 Å². The molecule has 0 radical (unpaired) electrons. The van der Waals surface area contributed by atoms with Gasteiger partial charge in [-0.2, -0.15) is 5.10 Å². The number of benzene rings is 1. The Morgan fingerprint density at radius 2 is 1.91 bits per heavy atom. The fourth-order valence-corrected chi connectivity index (χ4v) is 3.46. The van der Waals surface area contributed by atoms with Gasteiger partial charge in [-0.3, -0.25) is 14.9 Å². The number of nitrogens with zero attached hydrogens (tertiary/aromatic N) is 3. The average Bonchev–Trinajstić information content (AvgIpc) is 3.29. The van der Waals surface area contributed by atoms with Crippen LogP contribution in [0.15, 0.2) is 34.9 Å². The van der Waals surface area contributed by atoms with E-state index >= 15 is 0 Å². The van der Waals surface area contributed by atoms with Gasteiger partial charge in [-0.1, -0.05) is 50.2 Å². The number of nitrogens with one attached hydrogen (secondary N) is 1. The molecule has 1 aromatic carbocycles. The molecule has 33 heavy (non-hydrogen) atoms. The van der Waals surface area contributed by atoms with Crippen LogP contribution in [-0.4, -0.2) is 38.5 Å². The molecular weight excluding hydrogens is 424 g/mol. The first-order chi connectivity index (χ1) is 15.6. The van der Waals surface area contributed by atoms with E-state index in [1.807, 2.05) is 0 Å². The summed E-state index contributed by atoms with van der Waals surface area (Å²) in [5.74, 6) is -0.450. The van der Waals surface area contributed by atoms with E-state index in [2.05, 4.69) is 36.3 Å². The minimum absolute atomic E-state index is 0.0245. The number of aromatic nitrogens is 3. The van der Waals surface area contributed by atoms with Gasteiger partial charge in [0, 0.05) is 24.8 Å². The Bertz CT molecular complexity index is 1130. The Morgan fingerprint density at radius 1 is 1.21 bits per heavy atom. The Balaban J connectivity index is 1.69. The molecule has 6 N–H and O–H groups in total. The summed E-state index contributed by atoms with van der Waals surface area (Å²) in [6, 6.07) is 8.78. The first kappa shape index (κ1) is 24.0. The van der Waals surface area contributed by atoms with Crippen molar-refractivity contribution >= 4 is 23.5 Å². The van der Waals surface area contributed by atoms with E-state index in [1.165, 1.54) is 4.68 Å². The molecule has 0 aliphatic rings. The first-order valence-electron chi connectivity index (χ1n) is 10.7. The maximum atomic E-state index is 12.4. The molecule has 176 valence electrons. The number of aryl methyl sites for hydroxylation is 1. The van der Waals surface area contributed by atoms with Crippen molar-refractivity contribution in [3.05, 3.63) is 47.2 Å². The van der Waals surface area contributed by atoms with Crippen molar-refractivity contribution in [3.63, 3.8) is 0 Å². The molecule has 3 aromatic rings. The van der Waals surface area contributed by atoms with Crippen LogP contribution >= 0.6 is 0 Å². The van der Waals surface area contributed by atoms with Crippen molar-refractivity contribution in [2.24, 2.45) is 11.1 Å². The molecule has 10 heteroatoms. The molecule has 0 bridgehead atoms. The molecule has 0 aliphatic heterocycles. The molecule has 0 atom stereocenters. The van der Waals surface area contributed by atoms with E-state index < -0.39 is 5.91 Å². The van der Waals surface area contributed by atoms with E-state index in [0.717, 1.165) is 17.7 Å². The van der Waals surface area contributed by atoms with Crippen LogP contribution in [0.25, 0.3) is 11.3 Å². The number of primary amides is 1. The van der Waals surface area contributed by atoms with E-state index in [4.69, 9.17) is 21.1 Å². The van der Waals surface area contributed by atoms with Gasteiger partial charge in [0.25, 0.3) is 5.91 Å². The zero-order valence-electron chi connectivity index (χ0n) is 19.1. The predicted octanol–water partition coefficient (Wildman–Crippen LogP) is 2.37. The lowest BCUT2D eigenvalue weighted by atomic mass is 9.91. The number of hydrogen-bond donors (Lipinski definition) is 4. The summed E-state index contributed by atoms with van der Waals surface area (Å²) in [5, 5.41) is 20.2. The smallest absolute Gasteiger partial charge is 0.254 e. The fourth-order valence-electron chi connectivity index (χ4n) is 3.46. The summed E-state index contributed by atoms with van der Waals surface area (Å²) < 4.78 is 6.67. The minimum Gasteiger partial charge on any atom is -0.396 e. The lowest BCUT2D eigenvalue weighted by Gasteiger charge is -2.14. The van der Waals surface area contributed by atoms with Crippen molar-refractivity contribution in [1.29, 1.82) is 0 Å². The summed E-state index contributed by atoms with van der Waals surface area (Å²) in [4.78, 5) is 24.4. The number of nitrogen functional groups attached to an aromatic ring is 1. The van der Waals surface area contributed by atoms with Crippen molar-refractivity contribution < 1.29 is 19.2 Å². The number of nitrogens with two attached hydrogens (primary N) is 2. The highest BCUT2D eigenvalue weighted by Crippen LogP contribution is 2.28. The van der Waals surface area contributed by atoms with Gasteiger partial charge in [-0.25, -0.2) is 4.68 Å². The maximum Gasteiger partial charge on any atom is 0.254 e. The Morgan fingerprint density at radius 3 is 2.52 bits per heavy atom. The minimum atomic E-state index is -0.681. The molecule has 0 unspecified atom stereocenters. The van der Waals surface area contributed by atoms with Crippen LogP contribution in [0.5, 0.6) is 0 Å². The quantitative estimate of drug-likeness (QED) is 0.386. The van der Waals surface area contributed by atoms with Gasteiger partial charge in [0.15, 0.2) is 0 Å². The molecule has 0 saturated carbocycles. The van der Waals surface area contributed by atoms with Gasteiger partial charge in [-0.15, -0.1) is 0 Å². The molecule has 3 rings (SSSR count). The van der Waals surface area contributed by atoms with Crippen LogP contribution in [-0.2, 0) is 24.2 Å². The molecule has 0 aliphatic carbocycles. The van der Waals surface area contributed by atoms with Gasteiger partial charge in [0.1, 0.15) is 17.1 Å². The van der Waals surface area contributed by atoms with E-state index in [1.54, 1.807) is 30.3 Å². The molecule has 0 fully saturated rings. The zero-order chi connectivity index (χ0) is 24.2. The fraction of sp³-hybridized carbons (Fsp3) is 0.391. The second-order valence-corrected chi connectivity index (χ2v) is 9.12. The van der Waals surface area contributed by atoms with Crippen molar-refractivity contribution in [2.75, 3.05) is 17.7 Å². The number of carbonyl (C=O) groups excluding carboxylic acids is 2. The summed E-state index contributed by atoms with van der Waals surface area (Å²) >= 11 is 0. The van der Waals surface area contributed by atoms with Gasteiger partial charge in [0.2, 0.25) is 11.8 Å². The average molecular weight is 455 g/mol. The summed E-state index contributed by atoms with van der Waals surface area (Å²) in [7, 11) is 0. The van der Waals surface area contributed by atoms with Crippen LogP contribution < -0.4 is 16.8 Å². The SMILES string of the molecule is CC(C)(C)Cc1cc(NC(=O)Cc2ccc(-c3nn(CCCO)c(N)c3C(N)=O)cc2)on1. The number of carbonyl (C=O) groups is 2. The topological polar surface area (TPSA) is 162 Å². The number of amides is 2. The van der Waals surface area contributed by atoms with Crippen molar-refractivity contribution in [1.82, 2.24) is 14.9 Å². The van der Waals surface area contributed by atoms with E-state index in [-0.39, 0.29) is 35.7 Å². The van der Waals surface area contributed by atoms with Gasteiger partial charge < -0.3 is 21.1 Å². The van der Waals surface area contributed by atoms with Crippen LogP contribution in [0.4, 0.5) is 11.7 Å².